The van der Waals surface area contributed by atoms with Crippen molar-refractivity contribution in [3.63, 3.8) is 0 Å². The number of nitrogens with one attached hydrogen (secondary N) is 1. The van der Waals surface area contributed by atoms with E-state index in [0.29, 0.717) is 6.42 Å². The van der Waals surface area contributed by atoms with E-state index in [4.69, 9.17) is 4.42 Å². The highest BCUT2D eigenvalue weighted by Crippen LogP contribution is 2.13. The molecule has 0 fully saturated rings. The molecule has 0 saturated heterocycles. The Morgan fingerprint density at radius 2 is 1.80 bits per heavy atom. The highest BCUT2D eigenvalue weighted by atomic mass is 19.1. The summed E-state index contributed by atoms with van der Waals surface area (Å²) in [7, 11) is 2.85. The molecule has 0 aliphatic heterocycles. The van der Waals surface area contributed by atoms with Crippen LogP contribution < -0.4 is 22.3 Å². The second kappa shape index (κ2) is 8.81. The Balaban J connectivity index is 1.49. The van der Waals surface area contributed by atoms with E-state index in [-0.39, 0.29) is 36.0 Å². The van der Waals surface area contributed by atoms with Crippen LogP contribution in [0.3, 0.4) is 0 Å². The van der Waals surface area contributed by atoms with Gasteiger partial charge in [0.15, 0.2) is 11.2 Å². The van der Waals surface area contributed by atoms with Crippen LogP contribution in [-0.4, -0.2) is 39.9 Å². The zero-order valence-electron chi connectivity index (χ0n) is 19.6. The summed E-state index contributed by atoms with van der Waals surface area (Å²) >= 11 is 0. The van der Waals surface area contributed by atoms with E-state index in [2.05, 4.69) is 15.4 Å². The molecule has 13 heteroatoms. The largest absolute Gasteiger partial charge is 0.437 e. The maximum atomic E-state index is 13.1. The average Bonchev–Trinajstić information content (AvgIpc) is 3.35. The summed E-state index contributed by atoms with van der Waals surface area (Å²) in [5.41, 5.74) is -0.567. The van der Waals surface area contributed by atoms with Crippen LogP contribution in [0, 0.1) is 5.82 Å². The van der Waals surface area contributed by atoms with Gasteiger partial charge in [0.1, 0.15) is 18.9 Å². The zero-order valence-corrected chi connectivity index (χ0v) is 19.6. The van der Waals surface area contributed by atoms with Crippen molar-refractivity contribution in [1.82, 2.24) is 33.8 Å². The van der Waals surface area contributed by atoms with Crippen molar-refractivity contribution in [2.45, 2.75) is 38.9 Å². The molecule has 4 aromatic rings. The van der Waals surface area contributed by atoms with Gasteiger partial charge in [0, 0.05) is 19.6 Å². The van der Waals surface area contributed by atoms with Crippen molar-refractivity contribution in [3.8, 4) is 0 Å². The number of halogens is 1. The molecule has 0 unspecified atom stereocenters. The molecule has 0 aliphatic carbocycles. The molecular weight excluding hydrogens is 461 g/mol. The summed E-state index contributed by atoms with van der Waals surface area (Å²) in [6, 6.07) is 5.98. The fourth-order valence-corrected chi connectivity index (χ4v) is 3.89. The summed E-state index contributed by atoms with van der Waals surface area (Å²) in [4.78, 5) is 53.6. The lowest BCUT2D eigenvalue weighted by atomic mass is 9.95. The first-order valence-electron chi connectivity index (χ1n) is 10.7. The third-order valence-electron chi connectivity index (χ3n) is 5.50. The van der Waals surface area contributed by atoms with Crippen molar-refractivity contribution in [2.24, 2.45) is 14.1 Å². The van der Waals surface area contributed by atoms with Gasteiger partial charge >= 0.3 is 11.4 Å². The van der Waals surface area contributed by atoms with Gasteiger partial charge in [-0.25, -0.2) is 19.0 Å². The topological polar surface area (TPSA) is 139 Å². The van der Waals surface area contributed by atoms with Crippen LogP contribution in [-0.2, 0) is 38.4 Å². The minimum absolute atomic E-state index is 0.0384. The van der Waals surface area contributed by atoms with Crippen molar-refractivity contribution >= 4 is 17.1 Å². The van der Waals surface area contributed by atoms with Gasteiger partial charge in [-0.05, 0) is 38.0 Å². The molecule has 0 spiro atoms. The van der Waals surface area contributed by atoms with Gasteiger partial charge in [-0.15, -0.1) is 5.10 Å². The minimum Gasteiger partial charge on any atom is -0.390 e. The normalized spacial score (nSPS) is 11.8. The van der Waals surface area contributed by atoms with Gasteiger partial charge in [0.05, 0.1) is 6.33 Å². The third-order valence-corrected chi connectivity index (χ3v) is 5.50. The van der Waals surface area contributed by atoms with Crippen molar-refractivity contribution in [2.75, 3.05) is 0 Å². The predicted octanol–water partition coefficient (Wildman–Crippen LogP) is -0.0917. The Morgan fingerprint density at radius 3 is 2.49 bits per heavy atom. The van der Waals surface area contributed by atoms with Gasteiger partial charge in [0.25, 0.3) is 5.56 Å². The van der Waals surface area contributed by atoms with Gasteiger partial charge in [0.2, 0.25) is 11.8 Å². The number of benzene rings is 1. The molecule has 35 heavy (non-hydrogen) atoms. The van der Waals surface area contributed by atoms with Gasteiger partial charge < -0.3 is 14.3 Å². The number of amides is 1. The Morgan fingerprint density at radius 1 is 1.11 bits per heavy atom. The molecule has 3 heterocycles. The van der Waals surface area contributed by atoms with E-state index < -0.39 is 28.5 Å². The van der Waals surface area contributed by atoms with E-state index in [9.17, 15) is 23.6 Å². The number of rotatable bonds is 7. The average molecular weight is 485 g/mol. The molecule has 0 saturated carbocycles. The van der Waals surface area contributed by atoms with Gasteiger partial charge in [-0.2, -0.15) is 4.68 Å². The molecule has 1 aromatic carbocycles. The zero-order chi connectivity index (χ0) is 25.5. The van der Waals surface area contributed by atoms with E-state index >= 15 is 0 Å². The van der Waals surface area contributed by atoms with Crippen molar-refractivity contribution in [3.05, 3.63) is 79.3 Å². The molecule has 0 radical (unpaired) electrons. The first-order valence-corrected chi connectivity index (χ1v) is 10.7. The summed E-state index contributed by atoms with van der Waals surface area (Å²) in [5.74, 6) is -1.68. The number of hydrogen-bond acceptors (Lipinski definition) is 7. The first-order chi connectivity index (χ1) is 16.4. The molecule has 4 rings (SSSR count). The van der Waals surface area contributed by atoms with Crippen LogP contribution in [0.25, 0.3) is 11.2 Å². The summed E-state index contributed by atoms with van der Waals surface area (Å²) in [6.07, 6.45) is 1.79. The SMILES string of the molecule is Cn1c(=O)c2c(ncn2Cc2nn(CC(=O)NC(C)(C)Cc3ccc(F)cc3)c(=O)o2)n(C)c1=O. The second-order valence-electron chi connectivity index (χ2n) is 8.91. The number of hydrogen-bond donors (Lipinski definition) is 1. The van der Waals surface area contributed by atoms with E-state index in [1.165, 1.54) is 41.7 Å². The monoisotopic (exact) mass is 485 g/mol. The number of carbonyl (C=O) groups is 1. The fraction of sp³-hybridized carbons (Fsp3) is 0.364. The lowest BCUT2D eigenvalue weighted by Crippen LogP contribution is -2.47. The van der Waals surface area contributed by atoms with Gasteiger partial charge in [-0.1, -0.05) is 12.1 Å². The van der Waals surface area contributed by atoms with Crippen LogP contribution in [0.2, 0.25) is 0 Å². The second-order valence-corrected chi connectivity index (χ2v) is 8.91. The fourth-order valence-electron chi connectivity index (χ4n) is 3.89. The maximum Gasteiger partial charge on any atom is 0.437 e. The number of imidazole rings is 1. The molecule has 0 aliphatic rings. The molecule has 0 bridgehead atoms. The summed E-state index contributed by atoms with van der Waals surface area (Å²) in [6.45, 7) is 3.13. The van der Waals surface area contributed by atoms with Crippen LogP contribution in [0.4, 0.5) is 4.39 Å². The Labute approximate surface area is 197 Å². The van der Waals surface area contributed by atoms with Crippen LogP contribution >= 0.6 is 0 Å². The lowest BCUT2D eigenvalue weighted by molar-refractivity contribution is -0.123. The van der Waals surface area contributed by atoms with Gasteiger partial charge in [-0.3, -0.25) is 18.7 Å². The van der Waals surface area contributed by atoms with Crippen LogP contribution in [0.5, 0.6) is 0 Å². The molecule has 184 valence electrons. The van der Waals surface area contributed by atoms with Crippen LogP contribution in [0.15, 0.2) is 49.4 Å². The minimum atomic E-state index is -0.837. The Hall–Kier alpha value is -4.29. The summed E-state index contributed by atoms with van der Waals surface area (Å²) in [5, 5.41) is 6.89. The quantitative estimate of drug-likeness (QED) is 0.386. The summed E-state index contributed by atoms with van der Waals surface area (Å²) < 4.78 is 22.8. The smallest absolute Gasteiger partial charge is 0.390 e. The highest BCUT2D eigenvalue weighted by Gasteiger charge is 2.23. The number of carbonyl (C=O) groups excluding carboxylic acids is 1. The Kier molecular flexibility index (Phi) is 6.01. The van der Waals surface area contributed by atoms with Crippen molar-refractivity contribution < 1.29 is 13.6 Å². The predicted molar refractivity (Wildman–Crippen MR) is 122 cm³/mol. The Bertz CT molecular complexity index is 1590. The molecular formula is C22H24FN7O5. The molecule has 1 N–H and O–H groups in total. The number of fused-ring (bicyclic) bond motifs is 1. The lowest BCUT2D eigenvalue weighted by Gasteiger charge is -2.26. The highest BCUT2D eigenvalue weighted by molar-refractivity contribution is 5.76. The number of aryl methyl sites for hydroxylation is 1. The van der Waals surface area contributed by atoms with E-state index in [0.717, 1.165) is 14.8 Å². The standard InChI is InChI=1S/C22H24FN7O5/c1-22(2,9-13-5-7-14(23)8-6-13)25-15(31)10-30-21(34)35-16(26-30)11-29-12-24-18-17(29)19(32)28(4)20(33)27(18)3/h5-8,12H,9-11H2,1-4H3,(H,25,31). The number of nitrogens with zero attached hydrogens (tertiary/aromatic N) is 6. The molecule has 3 aromatic heterocycles. The van der Waals surface area contributed by atoms with Crippen molar-refractivity contribution in [1.29, 1.82) is 0 Å². The first kappa shape index (κ1) is 23.9. The third kappa shape index (κ3) is 4.83. The maximum absolute atomic E-state index is 13.1. The molecule has 1 amide bonds. The number of aromatic nitrogens is 6. The van der Waals surface area contributed by atoms with E-state index in [1.807, 2.05) is 13.8 Å². The van der Waals surface area contributed by atoms with E-state index in [1.54, 1.807) is 12.1 Å². The van der Waals surface area contributed by atoms with Crippen LogP contribution in [0.1, 0.15) is 25.3 Å². The molecule has 12 nitrogen and oxygen atoms in total. The molecule has 0 atom stereocenters.